The van der Waals surface area contributed by atoms with Gasteiger partial charge in [-0.3, -0.25) is 0 Å². The molecule has 0 spiro atoms. The summed E-state index contributed by atoms with van der Waals surface area (Å²) in [6.07, 6.45) is 1.22. The molecule has 3 rings (SSSR count). The predicted octanol–water partition coefficient (Wildman–Crippen LogP) is 4.57. The lowest BCUT2D eigenvalue weighted by atomic mass is 10.1. The minimum absolute atomic E-state index is 0.566. The van der Waals surface area contributed by atoms with Crippen molar-refractivity contribution >= 4 is 34.9 Å². The van der Waals surface area contributed by atoms with Crippen molar-refractivity contribution in [2.45, 2.75) is 30.4 Å². The molecule has 2 nitrogen and oxygen atoms in total. The van der Waals surface area contributed by atoms with Gasteiger partial charge in [-0.2, -0.15) is 11.8 Å². The van der Waals surface area contributed by atoms with Crippen molar-refractivity contribution in [1.29, 1.82) is 0 Å². The maximum absolute atomic E-state index is 5.65. The average molecular weight is 337 g/mol. The molecule has 112 valence electrons. The predicted molar refractivity (Wildman–Crippen MR) is 97.2 cm³/mol. The van der Waals surface area contributed by atoms with E-state index in [2.05, 4.69) is 60.1 Å². The van der Waals surface area contributed by atoms with E-state index in [1.165, 1.54) is 34.1 Å². The van der Waals surface area contributed by atoms with E-state index in [-0.39, 0.29) is 0 Å². The summed E-state index contributed by atoms with van der Waals surface area (Å²) in [7, 11) is 0. The largest absolute Gasteiger partial charge is 0.326 e. The van der Waals surface area contributed by atoms with Crippen molar-refractivity contribution in [3.63, 3.8) is 0 Å². The number of benzene rings is 1. The van der Waals surface area contributed by atoms with Gasteiger partial charge in [0.2, 0.25) is 0 Å². The van der Waals surface area contributed by atoms with Crippen LogP contribution in [-0.2, 0) is 6.54 Å². The second-order valence-electron chi connectivity index (χ2n) is 5.08. The summed E-state index contributed by atoms with van der Waals surface area (Å²) in [5.74, 6) is 2.52. The second-order valence-corrected chi connectivity index (χ2v) is 8.57. The van der Waals surface area contributed by atoms with Crippen LogP contribution in [0.2, 0.25) is 0 Å². The summed E-state index contributed by atoms with van der Waals surface area (Å²) >= 11 is 5.99. The van der Waals surface area contributed by atoms with Gasteiger partial charge in [0.1, 0.15) is 5.01 Å². The van der Waals surface area contributed by atoms with E-state index < -0.39 is 0 Å². The van der Waals surface area contributed by atoms with Crippen molar-refractivity contribution in [3.05, 3.63) is 40.2 Å². The minimum atomic E-state index is 0.566. The van der Waals surface area contributed by atoms with Crippen LogP contribution in [0.3, 0.4) is 0 Å². The Morgan fingerprint density at radius 1 is 1.19 bits per heavy atom. The van der Waals surface area contributed by atoms with Crippen LogP contribution in [0.25, 0.3) is 11.3 Å². The van der Waals surface area contributed by atoms with E-state index in [1.807, 2.05) is 11.3 Å². The summed E-state index contributed by atoms with van der Waals surface area (Å²) in [4.78, 5) is 4.91. The third-order valence-electron chi connectivity index (χ3n) is 3.70. The summed E-state index contributed by atoms with van der Waals surface area (Å²) in [6.45, 7) is 2.88. The van der Waals surface area contributed by atoms with Gasteiger partial charge in [-0.05, 0) is 12.0 Å². The molecule has 1 aromatic heterocycles. The first-order valence-corrected chi connectivity index (χ1v) is 10.3. The van der Waals surface area contributed by atoms with Crippen LogP contribution in [0.15, 0.2) is 29.6 Å². The fourth-order valence-electron chi connectivity index (χ4n) is 2.49. The molecule has 1 aromatic carbocycles. The Balaban J connectivity index is 1.81. The molecule has 2 atom stereocenters. The topological polar surface area (TPSA) is 38.9 Å². The first kappa shape index (κ1) is 15.4. The summed E-state index contributed by atoms with van der Waals surface area (Å²) in [5.41, 5.74) is 9.11. The Bertz CT molecular complexity index is 579. The molecule has 1 aliphatic rings. The smallest absolute Gasteiger partial charge is 0.107 e. The summed E-state index contributed by atoms with van der Waals surface area (Å²) in [5, 5.41) is 4.76. The normalized spacial score (nSPS) is 22.4. The van der Waals surface area contributed by atoms with Crippen molar-refractivity contribution in [2.24, 2.45) is 5.73 Å². The molecular formula is C16H20N2S3. The number of hydrogen-bond acceptors (Lipinski definition) is 5. The maximum atomic E-state index is 5.65. The van der Waals surface area contributed by atoms with E-state index in [0.717, 1.165) is 5.69 Å². The Hall–Kier alpha value is -0.490. The second kappa shape index (κ2) is 7.18. The van der Waals surface area contributed by atoms with Crippen LogP contribution in [0.4, 0.5) is 0 Å². The molecule has 0 bridgehead atoms. The van der Waals surface area contributed by atoms with Crippen LogP contribution in [0.5, 0.6) is 0 Å². The Kier molecular flexibility index (Phi) is 5.27. The van der Waals surface area contributed by atoms with E-state index in [0.29, 0.717) is 17.0 Å². The number of nitrogens with zero attached hydrogens (tertiary/aromatic N) is 1. The molecule has 2 unspecified atom stereocenters. The van der Waals surface area contributed by atoms with Crippen LogP contribution in [0, 0.1) is 0 Å². The molecule has 2 aromatic rings. The first-order valence-electron chi connectivity index (χ1n) is 7.30. The molecule has 1 aliphatic heterocycles. The fraction of sp³-hybridized carbons (Fsp3) is 0.438. The lowest BCUT2D eigenvalue weighted by molar-refractivity contribution is 0.789. The average Bonchev–Trinajstić information content (AvgIpc) is 3.04. The molecule has 0 amide bonds. The van der Waals surface area contributed by atoms with Crippen molar-refractivity contribution in [2.75, 3.05) is 11.5 Å². The lowest BCUT2D eigenvalue weighted by Gasteiger charge is -2.28. The van der Waals surface area contributed by atoms with Gasteiger partial charge in [0.15, 0.2) is 0 Å². The highest BCUT2D eigenvalue weighted by atomic mass is 32.2. The quantitative estimate of drug-likeness (QED) is 0.888. The highest BCUT2D eigenvalue weighted by molar-refractivity contribution is 8.06. The molecular weight excluding hydrogens is 316 g/mol. The SMILES string of the molecule is CCC1SCCSC1c1nc(-c2ccc(CN)cc2)cs1. The third-order valence-corrected chi connectivity index (χ3v) is 8.04. The number of nitrogens with two attached hydrogens (primary N) is 1. The molecule has 1 fully saturated rings. The van der Waals surface area contributed by atoms with E-state index in [9.17, 15) is 0 Å². The fourth-order valence-corrected chi connectivity index (χ4v) is 6.76. The lowest BCUT2D eigenvalue weighted by Crippen LogP contribution is -2.18. The molecule has 2 N–H and O–H groups in total. The number of aromatic nitrogens is 1. The van der Waals surface area contributed by atoms with E-state index >= 15 is 0 Å². The molecule has 21 heavy (non-hydrogen) atoms. The summed E-state index contributed by atoms with van der Waals surface area (Å²) < 4.78 is 0. The number of hydrogen-bond donors (Lipinski definition) is 1. The third kappa shape index (κ3) is 3.47. The Morgan fingerprint density at radius 2 is 1.95 bits per heavy atom. The van der Waals surface area contributed by atoms with Crippen LogP contribution in [0.1, 0.15) is 29.2 Å². The van der Waals surface area contributed by atoms with Gasteiger partial charge in [-0.25, -0.2) is 4.98 Å². The zero-order chi connectivity index (χ0) is 14.7. The van der Waals surface area contributed by atoms with E-state index in [4.69, 9.17) is 10.7 Å². The minimum Gasteiger partial charge on any atom is -0.326 e. The Morgan fingerprint density at radius 3 is 2.67 bits per heavy atom. The van der Waals surface area contributed by atoms with Gasteiger partial charge in [-0.1, -0.05) is 31.2 Å². The number of thioether (sulfide) groups is 2. The van der Waals surface area contributed by atoms with Gasteiger partial charge in [0.25, 0.3) is 0 Å². The molecule has 1 saturated heterocycles. The van der Waals surface area contributed by atoms with E-state index in [1.54, 1.807) is 0 Å². The molecule has 2 heterocycles. The van der Waals surface area contributed by atoms with Crippen LogP contribution >= 0.6 is 34.9 Å². The highest BCUT2D eigenvalue weighted by Crippen LogP contribution is 2.45. The Labute approximate surface area is 138 Å². The zero-order valence-corrected chi connectivity index (χ0v) is 14.6. The maximum Gasteiger partial charge on any atom is 0.107 e. The van der Waals surface area contributed by atoms with Crippen LogP contribution in [-0.4, -0.2) is 21.7 Å². The number of rotatable bonds is 4. The molecule has 0 saturated carbocycles. The van der Waals surface area contributed by atoms with Crippen LogP contribution < -0.4 is 5.73 Å². The zero-order valence-electron chi connectivity index (χ0n) is 12.1. The monoisotopic (exact) mass is 336 g/mol. The standard InChI is InChI=1S/C16H20N2S3/c1-2-14-15(20-8-7-19-14)16-18-13(10-21-16)12-5-3-11(9-17)4-6-12/h3-6,10,14-15H,2,7-9,17H2,1H3. The van der Waals surface area contributed by atoms with Crippen molar-refractivity contribution < 1.29 is 0 Å². The van der Waals surface area contributed by atoms with Gasteiger partial charge in [0, 0.05) is 34.2 Å². The van der Waals surface area contributed by atoms with Gasteiger partial charge in [0.05, 0.1) is 10.9 Å². The van der Waals surface area contributed by atoms with Crippen molar-refractivity contribution in [3.8, 4) is 11.3 Å². The van der Waals surface area contributed by atoms with Gasteiger partial charge < -0.3 is 5.73 Å². The highest BCUT2D eigenvalue weighted by Gasteiger charge is 2.28. The van der Waals surface area contributed by atoms with Gasteiger partial charge >= 0.3 is 0 Å². The van der Waals surface area contributed by atoms with Gasteiger partial charge in [-0.15, -0.1) is 23.1 Å². The van der Waals surface area contributed by atoms with Crippen molar-refractivity contribution in [1.82, 2.24) is 4.98 Å². The molecule has 0 radical (unpaired) electrons. The molecule has 5 heteroatoms. The number of thiazole rings is 1. The first-order chi connectivity index (χ1) is 10.3. The molecule has 0 aliphatic carbocycles. The summed E-state index contributed by atoms with van der Waals surface area (Å²) in [6, 6.07) is 8.44.